The SMILES string of the molecule is O=[N+]([O-])c1c(Nc2cccc(C(F)(F)F)c2)ncnc1Nc1ccc(F)c(F)c1. The Labute approximate surface area is 159 Å². The fourth-order valence-electron chi connectivity index (χ4n) is 2.36. The van der Waals surface area contributed by atoms with E-state index >= 15 is 0 Å². The lowest BCUT2D eigenvalue weighted by atomic mass is 10.2. The minimum Gasteiger partial charge on any atom is -0.334 e. The fraction of sp³-hybridized carbons (Fsp3) is 0.0588. The minimum absolute atomic E-state index is 0.0317. The number of aromatic nitrogens is 2. The molecule has 0 saturated carbocycles. The Morgan fingerprint density at radius 2 is 1.52 bits per heavy atom. The molecule has 0 amide bonds. The number of halogens is 5. The van der Waals surface area contributed by atoms with Gasteiger partial charge in [-0.1, -0.05) is 6.07 Å². The van der Waals surface area contributed by atoms with Gasteiger partial charge in [-0.15, -0.1) is 0 Å². The maximum Gasteiger partial charge on any atom is 0.416 e. The molecule has 3 aromatic rings. The predicted octanol–water partition coefficient (Wildman–Crippen LogP) is 5.17. The van der Waals surface area contributed by atoms with Crippen molar-refractivity contribution in [2.75, 3.05) is 10.6 Å². The van der Waals surface area contributed by atoms with Crippen molar-refractivity contribution in [3.8, 4) is 0 Å². The molecule has 0 spiro atoms. The number of nitrogens with zero attached hydrogens (tertiary/aromatic N) is 3. The quantitative estimate of drug-likeness (QED) is 0.342. The van der Waals surface area contributed by atoms with E-state index in [1.807, 2.05) is 0 Å². The molecule has 150 valence electrons. The topological polar surface area (TPSA) is 93.0 Å². The van der Waals surface area contributed by atoms with Gasteiger partial charge in [0, 0.05) is 17.4 Å². The number of nitro groups is 1. The predicted molar refractivity (Wildman–Crippen MR) is 93.1 cm³/mol. The van der Waals surface area contributed by atoms with Gasteiger partial charge in [0.05, 0.1) is 10.5 Å². The van der Waals surface area contributed by atoms with Crippen molar-refractivity contribution < 1.29 is 26.9 Å². The lowest BCUT2D eigenvalue weighted by molar-refractivity contribution is -0.383. The van der Waals surface area contributed by atoms with E-state index in [2.05, 4.69) is 20.6 Å². The fourth-order valence-corrected chi connectivity index (χ4v) is 2.36. The average molecular weight is 411 g/mol. The molecule has 0 atom stereocenters. The highest BCUT2D eigenvalue weighted by Crippen LogP contribution is 2.35. The molecule has 0 radical (unpaired) electrons. The summed E-state index contributed by atoms with van der Waals surface area (Å²) in [5, 5.41) is 16.4. The van der Waals surface area contributed by atoms with Crippen LogP contribution < -0.4 is 10.6 Å². The number of alkyl halides is 3. The molecule has 1 aromatic heterocycles. The van der Waals surface area contributed by atoms with Crippen LogP contribution in [0.4, 0.5) is 50.6 Å². The first-order chi connectivity index (χ1) is 13.6. The first kappa shape index (κ1) is 19.9. The Kier molecular flexibility index (Phi) is 5.26. The van der Waals surface area contributed by atoms with Crippen LogP contribution in [0.15, 0.2) is 48.8 Å². The van der Waals surface area contributed by atoms with Crippen molar-refractivity contribution >= 4 is 28.7 Å². The van der Waals surface area contributed by atoms with Gasteiger partial charge in [0.25, 0.3) is 0 Å². The van der Waals surface area contributed by atoms with E-state index in [9.17, 15) is 32.1 Å². The monoisotopic (exact) mass is 411 g/mol. The second-order valence-corrected chi connectivity index (χ2v) is 5.63. The Morgan fingerprint density at radius 3 is 2.07 bits per heavy atom. The van der Waals surface area contributed by atoms with E-state index in [4.69, 9.17) is 0 Å². The summed E-state index contributed by atoms with van der Waals surface area (Å²) >= 11 is 0. The van der Waals surface area contributed by atoms with Gasteiger partial charge >= 0.3 is 11.9 Å². The van der Waals surface area contributed by atoms with Gasteiger partial charge in [0.2, 0.25) is 11.6 Å². The summed E-state index contributed by atoms with van der Waals surface area (Å²) in [6.45, 7) is 0. The van der Waals surface area contributed by atoms with Crippen molar-refractivity contribution in [2.24, 2.45) is 0 Å². The smallest absolute Gasteiger partial charge is 0.334 e. The molecular weight excluding hydrogens is 401 g/mol. The van der Waals surface area contributed by atoms with Gasteiger partial charge in [-0.2, -0.15) is 13.2 Å². The van der Waals surface area contributed by atoms with Crippen molar-refractivity contribution in [3.05, 3.63) is 76.1 Å². The van der Waals surface area contributed by atoms with Crippen molar-refractivity contribution in [1.29, 1.82) is 0 Å². The normalized spacial score (nSPS) is 11.2. The number of hydrogen-bond acceptors (Lipinski definition) is 6. The zero-order valence-corrected chi connectivity index (χ0v) is 14.2. The molecule has 0 bridgehead atoms. The van der Waals surface area contributed by atoms with E-state index in [0.717, 1.165) is 42.7 Å². The van der Waals surface area contributed by atoms with Gasteiger partial charge in [-0.25, -0.2) is 18.7 Å². The van der Waals surface area contributed by atoms with Gasteiger partial charge in [-0.3, -0.25) is 10.1 Å². The molecule has 0 fully saturated rings. The largest absolute Gasteiger partial charge is 0.416 e. The van der Waals surface area contributed by atoms with Crippen LogP contribution in [0, 0.1) is 21.7 Å². The molecule has 0 aliphatic carbocycles. The van der Waals surface area contributed by atoms with Crippen LogP contribution in [-0.2, 0) is 6.18 Å². The third-order valence-corrected chi connectivity index (χ3v) is 3.64. The van der Waals surface area contributed by atoms with Crippen molar-refractivity contribution in [3.63, 3.8) is 0 Å². The summed E-state index contributed by atoms with van der Waals surface area (Å²) in [5.41, 5.74) is -1.79. The zero-order chi connectivity index (χ0) is 21.2. The Morgan fingerprint density at radius 1 is 0.897 bits per heavy atom. The zero-order valence-electron chi connectivity index (χ0n) is 14.2. The van der Waals surface area contributed by atoms with Gasteiger partial charge in [-0.05, 0) is 30.3 Å². The number of rotatable bonds is 5. The third kappa shape index (κ3) is 4.54. The van der Waals surface area contributed by atoms with E-state index < -0.39 is 39.8 Å². The van der Waals surface area contributed by atoms with Crippen LogP contribution in [0.25, 0.3) is 0 Å². The van der Waals surface area contributed by atoms with Crippen LogP contribution in [0.2, 0.25) is 0 Å². The van der Waals surface area contributed by atoms with E-state index in [0.29, 0.717) is 0 Å². The molecular formula is C17H10F5N5O2. The molecule has 2 aromatic carbocycles. The first-order valence-corrected chi connectivity index (χ1v) is 7.81. The highest BCUT2D eigenvalue weighted by Gasteiger charge is 2.31. The van der Waals surface area contributed by atoms with Crippen LogP contribution in [0.5, 0.6) is 0 Å². The molecule has 2 N–H and O–H groups in total. The van der Waals surface area contributed by atoms with Crippen LogP contribution >= 0.6 is 0 Å². The molecule has 3 rings (SSSR count). The molecule has 7 nitrogen and oxygen atoms in total. The number of nitrogens with one attached hydrogen (secondary N) is 2. The highest BCUT2D eigenvalue weighted by atomic mass is 19.4. The molecule has 0 aliphatic rings. The first-order valence-electron chi connectivity index (χ1n) is 7.81. The Hall–Kier alpha value is -3.83. The molecule has 0 aliphatic heterocycles. The molecule has 0 unspecified atom stereocenters. The summed E-state index contributed by atoms with van der Waals surface area (Å²) in [6.07, 6.45) is -3.68. The van der Waals surface area contributed by atoms with Crippen LogP contribution in [0.3, 0.4) is 0 Å². The van der Waals surface area contributed by atoms with Crippen LogP contribution in [-0.4, -0.2) is 14.9 Å². The van der Waals surface area contributed by atoms with E-state index in [-0.39, 0.29) is 17.2 Å². The maximum atomic E-state index is 13.4. The summed E-state index contributed by atoms with van der Waals surface area (Å²) in [5.74, 6) is -3.06. The van der Waals surface area contributed by atoms with Gasteiger partial charge in [0.15, 0.2) is 11.6 Å². The molecule has 1 heterocycles. The lowest BCUT2D eigenvalue weighted by Crippen LogP contribution is -2.07. The number of hydrogen-bond donors (Lipinski definition) is 2. The molecule has 29 heavy (non-hydrogen) atoms. The summed E-state index contributed by atoms with van der Waals surface area (Å²) in [4.78, 5) is 18.0. The van der Waals surface area contributed by atoms with Crippen LogP contribution in [0.1, 0.15) is 5.56 Å². The third-order valence-electron chi connectivity index (χ3n) is 3.64. The second kappa shape index (κ2) is 7.66. The van der Waals surface area contributed by atoms with Crippen molar-refractivity contribution in [1.82, 2.24) is 9.97 Å². The number of benzene rings is 2. The highest BCUT2D eigenvalue weighted by molar-refractivity contribution is 5.76. The van der Waals surface area contributed by atoms with Crippen molar-refractivity contribution in [2.45, 2.75) is 6.18 Å². The second-order valence-electron chi connectivity index (χ2n) is 5.63. The lowest BCUT2D eigenvalue weighted by Gasteiger charge is -2.12. The summed E-state index contributed by atoms with van der Waals surface area (Å²) < 4.78 is 65.0. The standard InChI is InChI=1S/C17H10F5N5O2/c18-12-5-4-11(7-13(12)19)26-16-14(27(28)29)15(23-8-24-16)25-10-3-1-2-9(6-10)17(20,21)22/h1-8H,(H2,23,24,25,26). The number of anilines is 4. The van der Waals surface area contributed by atoms with E-state index in [1.54, 1.807) is 0 Å². The average Bonchev–Trinajstić information content (AvgIpc) is 2.64. The van der Waals surface area contributed by atoms with Gasteiger partial charge < -0.3 is 10.6 Å². The van der Waals surface area contributed by atoms with Gasteiger partial charge in [0.1, 0.15) is 6.33 Å². The van der Waals surface area contributed by atoms with E-state index in [1.165, 1.54) is 6.07 Å². The molecule has 0 saturated heterocycles. The Bertz CT molecular complexity index is 1070. The Balaban J connectivity index is 1.97. The molecule has 12 heteroatoms. The summed E-state index contributed by atoms with van der Waals surface area (Å²) in [7, 11) is 0. The minimum atomic E-state index is -4.60. The summed E-state index contributed by atoms with van der Waals surface area (Å²) in [6, 6.07) is 6.70. The maximum absolute atomic E-state index is 13.4.